The lowest BCUT2D eigenvalue weighted by Gasteiger charge is -2.03. The summed E-state index contributed by atoms with van der Waals surface area (Å²) in [6.07, 6.45) is 24.6. The Kier molecular flexibility index (Phi) is 26.3. The summed E-state index contributed by atoms with van der Waals surface area (Å²) >= 11 is 0. The molecule has 0 bridgehead atoms. The van der Waals surface area contributed by atoms with Crippen LogP contribution in [0.15, 0.2) is 12.2 Å². The van der Waals surface area contributed by atoms with Crippen molar-refractivity contribution in [2.24, 2.45) is 5.92 Å². The fourth-order valence-corrected chi connectivity index (χ4v) is 3.48. The Balaban J connectivity index is 0. The fraction of sp³-hybridized carbons (Fsp3) is 0.917. The molecule has 0 aromatic carbocycles. The molecule has 2 N–H and O–H groups in total. The van der Waals surface area contributed by atoms with Gasteiger partial charge in [-0.3, -0.25) is 4.18 Å². The van der Waals surface area contributed by atoms with Crippen LogP contribution < -0.4 is 5.32 Å². The molecule has 0 heterocycles. The first kappa shape index (κ1) is 31.8. The highest BCUT2D eigenvalue weighted by atomic mass is 32.3. The highest BCUT2D eigenvalue weighted by molar-refractivity contribution is 7.80. The third-order valence-corrected chi connectivity index (χ3v) is 5.42. The number of allylic oxidation sites excluding steroid dienone is 2. The second-order valence-electron chi connectivity index (χ2n) is 8.42. The molecular weight excluding hydrogens is 398 g/mol. The van der Waals surface area contributed by atoms with Crippen molar-refractivity contribution in [1.29, 1.82) is 0 Å². The van der Waals surface area contributed by atoms with E-state index in [1.54, 1.807) is 0 Å². The monoisotopic (exact) mass is 449 g/mol. The maximum atomic E-state index is 9.45. The first-order chi connectivity index (χ1) is 14.3. The van der Waals surface area contributed by atoms with Crippen LogP contribution in [0.25, 0.3) is 0 Å². The van der Waals surface area contributed by atoms with Gasteiger partial charge in [0.05, 0.1) is 19.7 Å². The van der Waals surface area contributed by atoms with Crippen LogP contribution in [0.5, 0.6) is 0 Å². The van der Waals surface area contributed by atoms with Crippen molar-refractivity contribution >= 4 is 10.4 Å². The van der Waals surface area contributed by atoms with Crippen molar-refractivity contribution in [3.8, 4) is 0 Å². The Morgan fingerprint density at radius 3 is 1.67 bits per heavy atom. The maximum Gasteiger partial charge on any atom is 0.217 e. The maximum absolute atomic E-state index is 9.45. The molecule has 0 aliphatic rings. The molecule has 0 aromatic rings. The average molecular weight is 450 g/mol. The molecule has 0 aliphatic carbocycles. The number of hydrogen-bond donors (Lipinski definition) is 1. The fourth-order valence-electron chi connectivity index (χ4n) is 3.19. The van der Waals surface area contributed by atoms with E-state index in [1.165, 1.54) is 110 Å². The molecule has 0 aliphatic heterocycles. The minimum absolute atomic E-state index is 0.0914. The molecule has 6 heteroatoms. The molecule has 0 saturated carbocycles. The topological polar surface area (TPSA) is 83.0 Å². The van der Waals surface area contributed by atoms with Crippen LogP contribution in [-0.4, -0.2) is 32.7 Å². The molecule has 0 aromatic heterocycles. The lowest BCUT2D eigenvalue weighted by Crippen LogP contribution is -2.83. The van der Waals surface area contributed by atoms with Gasteiger partial charge in [0.1, 0.15) is 0 Å². The van der Waals surface area contributed by atoms with Crippen molar-refractivity contribution in [2.75, 3.05) is 19.7 Å². The highest BCUT2D eigenvalue weighted by Crippen LogP contribution is 2.12. The summed E-state index contributed by atoms with van der Waals surface area (Å²) in [4.78, 5) is 0. The van der Waals surface area contributed by atoms with E-state index in [0.717, 1.165) is 5.92 Å². The van der Waals surface area contributed by atoms with Gasteiger partial charge in [-0.05, 0) is 58.3 Å². The number of rotatable bonds is 20. The summed E-state index contributed by atoms with van der Waals surface area (Å²) in [6, 6.07) is 0. The summed E-state index contributed by atoms with van der Waals surface area (Å²) in [5.74, 6) is 0.887. The molecule has 0 fully saturated rings. The van der Waals surface area contributed by atoms with Gasteiger partial charge in [-0.15, -0.1) is 0 Å². The number of quaternary nitrogens is 1. The molecule has 5 nitrogen and oxygen atoms in total. The van der Waals surface area contributed by atoms with E-state index in [0.29, 0.717) is 0 Å². The van der Waals surface area contributed by atoms with Gasteiger partial charge in [-0.1, -0.05) is 77.4 Å². The third-order valence-electron chi connectivity index (χ3n) is 4.90. The predicted molar refractivity (Wildman–Crippen MR) is 127 cm³/mol. The first-order valence-corrected chi connectivity index (χ1v) is 13.7. The van der Waals surface area contributed by atoms with Crippen molar-refractivity contribution in [1.82, 2.24) is 0 Å². The predicted octanol–water partition coefficient (Wildman–Crippen LogP) is 5.73. The van der Waals surface area contributed by atoms with E-state index in [2.05, 4.69) is 42.4 Å². The largest absolute Gasteiger partial charge is 0.726 e. The minimum atomic E-state index is -4.42. The Labute approximate surface area is 188 Å². The van der Waals surface area contributed by atoms with Gasteiger partial charge in [0.15, 0.2) is 0 Å². The standard InChI is InChI=1S/C22H45N.C2H6O4S/c1-4-23-21-19-17-15-13-11-9-7-5-6-8-10-12-14-16-18-20-22(2)3;1-2-6-7(3,4)5/h5-6,22-23H,4,7-21H2,1-3H3;2H2,1H3,(H,3,4,5)/b6-5-;. The molecular formula is C24H51NO4S. The van der Waals surface area contributed by atoms with Crippen molar-refractivity contribution in [2.45, 2.75) is 118 Å². The Hall–Kier alpha value is -0.430. The molecule has 0 atom stereocenters. The molecule has 0 saturated heterocycles. The van der Waals surface area contributed by atoms with Crippen LogP contribution in [0.1, 0.15) is 118 Å². The first-order valence-electron chi connectivity index (χ1n) is 12.4. The van der Waals surface area contributed by atoms with Crippen molar-refractivity contribution < 1.29 is 22.5 Å². The molecule has 182 valence electrons. The van der Waals surface area contributed by atoms with Crippen LogP contribution in [0.3, 0.4) is 0 Å². The van der Waals surface area contributed by atoms with Gasteiger partial charge in [0.25, 0.3) is 0 Å². The lowest BCUT2D eigenvalue weighted by atomic mass is 10.0. The van der Waals surface area contributed by atoms with Gasteiger partial charge < -0.3 is 9.87 Å². The Morgan fingerprint density at radius 2 is 1.27 bits per heavy atom. The molecule has 0 unspecified atom stereocenters. The molecule has 0 rings (SSSR count). The normalized spacial score (nSPS) is 11.8. The molecule has 0 spiro atoms. The van der Waals surface area contributed by atoms with E-state index in [4.69, 9.17) is 0 Å². The van der Waals surface area contributed by atoms with Gasteiger partial charge in [-0.25, -0.2) is 8.42 Å². The van der Waals surface area contributed by atoms with Gasteiger partial charge in [0, 0.05) is 0 Å². The smallest absolute Gasteiger partial charge is 0.217 e. The Morgan fingerprint density at radius 1 is 0.800 bits per heavy atom. The van der Waals surface area contributed by atoms with Gasteiger partial charge >= 0.3 is 0 Å². The summed E-state index contributed by atoms with van der Waals surface area (Å²) in [7, 11) is -4.42. The van der Waals surface area contributed by atoms with Crippen LogP contribution in [-0.2, 0) is 14.6 Å². The highest BCUT2D eigenvalue weighted by Gasteiger charge is 1.94. The van der Waals surface area contributed by atoms with Crippen molar-refractivity contribution in [3.63, 3.8) is 0 Å². The second-order valence-corrected chi connectivity index (χ2v) is 9.47. The SMILES string of the molecule is CCOS(=O)(=O)[O-].CC[NH2+]CCCCCCCC/C=C\CCCCCCCC(C)C. The van der Waals surface area contributed by atoms with E-state index in [1.807, 2.05) is 0 Å². The van der Waals surface area contributed by atoms with Crippen LogP contribution in [0, 0.1) is 5.92 Å². The van der Waals surface area contributed by atoms with Crippen molar-refractivity contribution in [3.05, 3.63) is 12.2 Å². The molecule has 30 heavy (non-hydrogen) atoms. The summed E-state index contributed by atoms with van der Waals surface area (Å²) in [5.41, 5.74) is 0. The third kappa shape index (κ3) is 35.0. The zero-order chi connectivity index (χ0) is 22.9. The van der Waals surface area contributed by atoms with E-state index < -0.39 is 10.4 Å². The number of unbranched alkanes of at least 4 members (excludes halogenated alkanes) is 11. The summed E-state index contributed by atoms with van der Waals surface area (Å²) in [6.45, 7) is 10.8. The zero-order valence-corrected chi connectivity index (χ0v) is 21.2. The Bertz CT molecular complexity index is 450. The number of nitrogens with two attached hydrogens (primary N) is 1. The summed E-state index contributed by atoms with van der Waals surface area (Å²) in [5, 5.41) is 2.41. The van der Waals surface area contributed by atoms with E-state index >= 15 is 0 Å². The average Bonchev–Trinajstić information content (AvgIpc) is 2.66. The summed E-state index contributed by atoms with van der Waals surface area (Å²) < 4.78 is 32.0. The quantitative estimate of drug-likeness (QED) is 0.111. The lowest BCUT2D eigenvalue weighted by molar-refractivity contribution is -0.652. The van der Waals surface area contributed by atoms with Crippen LogP contribution in [0.2, 0.25) is 0 Å². The molecule has 0 amide bonds. The van der Waals surface area contributed by atoms with E-state index in [-0.39, 0.29) is 6.61 Å². The number of hydrogen-bond acceptors (Lipinski definition) is 4. The second kappa shape index (κ2) is 24.8. The van der Waals surface area contributed by atoms with Gasteiger partial charge in [0.2, 0.25) is 10.4 Å². The van der Waals surface area contributed by atoms with Crippen LogP contribution >= 0.6 is 0 Å². The zero-order valence-electron chi connectivity index (χ0n) is 20.4. The van der Waals surface area contributed by atoms with Gasteiger partial charge in [-0.2, -0.15) is 0 Å². The van der Waals surface area contributed by atoms with Crippen LogP contribution in [0.4, 0.5) is 0 Å². The van der Waals surface area contributed by atoms with E-state index in [9.17, 15) is 13.0 Å². The molecule has 0 radical (unpaired) electrons. The minimum Gasteiger partial charge on any atom is -0.726 e.